The van der Waals surface area contributed by atoms with Crippen molar-refractivity contribution in [3.05, 3.63) is 23.7 Å². The molecule has 0 unspecified atom stereocenters. The van der Waals surface area contributed by atoms with Crippen LogP contribution in [0.5, 0.6) is 0 Å². The predicted octanol–water partition coefficient (Wildman–Crippen LogP) is 0.298. The molecule has 0 aliphatic carbocycles. The lowest BCUT2D eigenvalue weighted by atomic mass is 10.3. The zero-order valence-corrected chi connectivity index (χ0v) is 9.56. The molecule has 0 radical (unpaired) electrons. The molecule has 0 rings (SSSR count). The monoisotopic (exact) mass is 250 g/mol. The quantitative estimate of drug-likeness (QED) is 0.319. The van der Waals surface area contributed by atoms with E-state index in [2.05, 4.69) is 16.1 Å². The fourth-order valence-electron chi connectivity index (χ4n) is 0.653. The number of ether oxygens (including phenoxy) is 2. The Labute approximate surface area is 91.5 Å². The van der Waals surface area contributed by atoms with Crippen molar-refractivity contribution in [3.63, 3.8) is 0 Å². The summed E-state index contributed by atoms with van der Waals surface area (Å²) in [7, 11) is -3.39. The second-order valence-electron chi connectivity index (χ2n) is 2.71. The van der Waals surface area contributed by atoms with Gasteiger partial charge >= 0.3 is 19.5 Å². The van der Waals surface area contributed by atoms with E-state index in [1.165, 1.54) is 0 Å². The third-order valence-electron chi connectivity index (χ3n) is 1.31. The van der Waals surface area contributed by atoms with Crippen molar-refractivity contribution in [2.45, 2.75) is 6.92 Å². The summed E-state index contributed by atoms with van der Waals surface area (Å²) >= 11 is 0. The Balaban J connectivity index is 4.62. The topological polar surface area (TPSA) is 110 Å². The van der Waals surface area contributed by atoms with Gasteiger partial charge in [0, 0.05) is 11.4 Å². The molecule has 0 amide bonds. The van der Waals surface area contributed by atoms with E-state index in [4.69, 9.17) is 9.79 Å². The first-order valence-corrected chi connectivity index (χ1v) is 5.59. The van der Waals surface area contributed by atoms with Crippen molar-refractivity contribution in [1.29, 1.82) is 0 Å². The van der Waals surface area contributed by atoms with E-state index >= 15 is 0 Å². The van der Waals surface area contributed by atoms with E-state index in [1.54, 1.807) is 0 Å². The highest BCUT2D eigenvalue weighted by molar-refractivity contribution is 7.55. The third kappa shape index (κ3) is 5.45. The van der Waals surface area contributed by atoms with Gasteiger partial charge in [-0.25, -0.2) is 9.59 Å². The van der Waals surface area contributed by atoms with E-state index in [0.717, 1.165) is 14.0 Å². The van der Waals surface area contributed by atoms with E-state index in [-0.39, 0.29) is 5.57 Å². The summed E-state index contributed by atoms with van der Waals surface area (Å²) in [6.07, 6.45) is 0. The molecule has 8 heteroatoms. The molecular formula is C8H11O7P. The zero-order chi connectivity index (χ0) is 12.9. The van der Waals surface area contributed by atoms with Crippen molar-refractivity contribution in [2.75, 3.05) is 7.11 Å². The highest BCUT2D eigenvalue weighted by Gasteiger charge is 2.18. The molecule has 0 saturated carbocycles. The molecule has 0 saturated heterocycles. The number of hydrogen-bond donors (Lipinski definition) is 2. The molecule has 0 atom stereocenters. The largest absolute Gasteiger partial charge is 0.463 e. The first-order valence-electron chi connectivity index (χ1n) is 3.91. The molecule has 0 aromatic heterocycles. The van der Waals surface area contributed by atoms with Gasteiger partial charge in [0.15, 0.2) is 0 Å². The number of rotatable bonds is 4. The smallest absolute Gasteiger partial charge is 0.373 e. The van der Waals surface area contributed by atoms with Gasteiger partial charge in [0.2, 0.25) is 5.76 Å². The summed E-state index contributed by atoms with van der Waals surface area (Å²) in [5, 5.41) is 0. The lowest BCUT2D eigenvalue weighted by Gasteiger charge is -2.05. The van der Waals surface area contributed by atoms with Gasteiger partial charge in [-0.15, -0.1) is 0 Å². The van der Waals surface area contributed by atoms with Crippen molar-refractivity contribution < 1.29 is 33.4 Å². The van der Waals surface area contributed by atoms with Crippen molar-refractivity contribution in [2.24, 2.45) is 0 Å². The lowest BCUT2D eigenvalue weighted by Crippen LogP contribution is -2.12. The maximum absolute atomic E-state index is 11.1. The Morgan fingerprint density at radius 3 is 2.19 bits per heavy atom. The van der Waals surface area contributed by atoms with Crippen LogP contribution in [0.3, 0.4) is 0 Å². The van der Waals surface area contributed by atoms with Crippen LogP contribution in [0.15, 0.2) is 23.7 Å². The van der Waals surface area contributed by atoms with Crippen LogP contribution in [0.4, 0.5) is 0 Å². The molecule has 0 aromatic carbocycles. The first kappa shape index (κ1) is 14.6. The molecule has 0 aromatic rings. The van der Waals surface area contributed by atoms with Crippen LogP contribution in [0, 0.1) is 0 Å². The van der Waals surface area contributed by atoms with Crippen LogP contribution in [0.2, 0.25) is 0 Å². The van der Waals surface area contributed by atoms with Gasteiger partial charge < -0.3 is 19.3 Å². The Morgan fingerprint density at radius 1 is 1.31 bits per heavy atom. The maximum Gasteiger partial charge on any atom is 0.373 e. The second-order valence-corrected chi connectivity index (χ2v) is 4.14. The molecule has 2 N–H and O–H groups in total. The van der Waals surface area contributed by atoms with E-state index in [9.17, 15) is 14.2 Å². The van der Waals surface area contributed by atoms with Crippen molar-refractivity contribution >= 4 is 19.5 Å². The highest BCUT2D eigenvalue weighted by atomic mass is 31.2. The Morgan fingerprint density at radius 2 is 1.81 bits per heavy atom. The molecule has 0 spiro atoms. The van der Waals surface area contributed by atoms with Gasteiger partial charge in [-0.3, -0.25) is 4.57 Å². The normalized spacial score (nSPS) is 11.9. The highest BCUT2D eigenvalue weighted by Crippen LogP contribution is 2.37. The van der Waals surface area contributed by atoms with Crippen LogP contribution in [-0.2, 0) is 23.6 Å². The van der Waals surface area contributed by atoms with Crippen molar-refractivity contribution in [3.8, 4) is 0 Å². The molecule has 0 heterocycles. The number of hydrogen-bond acceptors (Lipinski definition) is 5. The minimum atomic E-state index is -4.46. The number of carbonyl (C=O) groups excluding carboxylic acids is 2. The van der Waals surface area contributed by atoms with Crippen LogP contribution < -0.4 is 0 Å². The standard InChI is InChI=1S/C8H11O7P/c1-5(4-16(11,12)13)7(9)15-6(2)8(10)14-3/h4H,2H2,1,3H3,(H2,11,12,13). The summed E-state index contributed by atoms with van der Waals surface area (Å²) < 4.78 is 19.1. The first-order chi connectivity index (χ1) is 7.17. The van der Waals surface area contributed by atoms with E-state index < -0.39 is 25.3 Å². The number of carbonyl (C=O) groups is 2. The van der Waals surface area contributed by atoms with Gasteiger partial charge in [-0.1, -0.05) is 0 Å². The molecule has 16 heavy (non-hydrogen) atoms. The van der Waals surface area contributed by atoms with Gasteiger partial charge in [0.25, 0.3) is 0 Å². The molecule has 0 fully saturated rings. The van der Waals surface area contributed by atoms with Gasteiger partial charge in [0.1, 0.15) is 0 Å². The minimum absolute atomic E-state index is 0.335. The summed E-state index contributed by atoms with van der Waals surface area (Å²) in [6, 6.07) is 0. The molecule has 0 bridgehead atoms. The average molecular weight is 250 g/mol. The van der Waals surface area contributed by atoms with Crippen LogP contribution in [0.1, 0.15) is 6.92 Å². The average Bonchev–Trinajstić information content (AvgIpc) is 2.13. The lowest BCUT2D eigenvalue weighted by molar-refractivity contribution is -0.147. The summed E-state index contributed by atoms with van der Waals surface area (Å²) in [4.78, 5) is 39.0. The third-order valence-corrected chi connectivity index (χ3v) is 2.04. The number of methoxy groups -OCH3 is 1. The second kappa shape index (κ2) is 5.60. The summed E-state index contributed by atoms with van der Waals surface area (Å²) in [5.74, 6) is -2.16. The molecule has 0 aliphatic heterocycles. The van der Waals surface area contributed by atoms with Crippen LogP contribution >= 0.6 is 7.60 Å². The van der Waals surface area contributed by atoms with Gasteiger partial charge in [-0.05, 0) is 13.5 Å². The molecule has 7 nitrogen and oxygen atoms in total. The van der Waals surface area contributed by atoms with Crippen molar-refractivity contribution in [1.82, 2.24) is 0 Å². The molecular weight excluding hydrogens is 239 g/mol. The summed E-state index contributed by atoms with van der Waals surface area (Å²) in [6.45, 7) is 4.24. The predicted molar refractivity (Wildman–Crippen MR) is 53.0 cm³/mol. The van der Waals surface area contributed by atoms with E-state index in [0.29, 0.717) is 5.82 Å². The Hall–Kier alpha value is -1.43. The van der Waals surface area contributed by atoms with E-state index in [1.807, 2.05) is 0 Å². The number of esters is 2. The van der Waals surface area contributed by atoms with Gasteiger partial charge in [0.05, 0.1) is 7.11 Å². The van der Waals surface area contributed by atoms with Gasteiger partial charge in [-0.2, -0.15) is 0 Å². The molecule has 0 aliphatic rings. The minimum Gasteiger partial charge on any atom is -0.463 e. The SMILES string of the molecule is C=C(OC(=O)C(C)=CP(=O)(O)O)C(=O)OC. The van der Waals surface area contributed by atoms with Crippen LogP contribution in [0.25, 0.3) is 0 Å². The zero-order valence-electron chi connectivity index (χ0n) is 8.67. The summed E-state index contributed by atoms with van der Waals surface area (Å²) in [5.41, 5.74) is -0.335. The Bertz CT molecular complexity index is 389. The maximum atomic E-state index is 11.1. The fourth-order valence-corrected chi connectivity index (χ4v) is 1.26. The fraction of sp³-hybridized carbons (Fsp3) is 0.250. The van der Waals surface area contributed by atoms with Crippen LogP contribution in [-0.4, -0.2) is 28.8 Å². The molecule has 90 valence electrons. The Kier molecular flexibility index (Phi) is 5.10.